The van der Waals surface area contributed by atoms with E-state index in [2.05, 4.69) is 36.4 Å². The number of carbonyl (C=O) groups excluding carboxylic acids is 1. The Morgan fingerprint density at radius 1 is 1.24 bits per heavy atom. The van der Waals surface area contributed by atoms with Crippen LogP contribution >= 0.6 is 0 Å². The summed E-state index contributed by atoms with van der Waals surface area (Å²) in [6.45, 7) is 2.94. The highest BCUT2D eigenvalue weighted by Crippen LogP contribution is 2.32. The highest BCUT2D eigenvalue weighted by atomic mass is 16.6. The maximum Gasteiger partial charge on any atom is 0.410 e. The Morgan fingerprint density at radius 3 is 2.90 bits per heavy atom. The molecule has 0 N–H and O–H groups in total. The number of amides is 1. The highest BCUT2D eigenvalue weighted by molar-refractivity contribution is 5.86. The van der Waals surface area contributed by atoms with Crippen molar-refractivity contribution in [3.63, 3.8) is 0 Å². The molecule has 1 aliphatic rings. The van der Waals surface area contributed by atoms with E-state index in [1.165, 1.54) is 10.8 Å². The standard InChI is InChI=1S/C18H19NO2/c1-2-21-18(20)19-13-6-5-12-17(19)16-11-7-9-14-8-3-4-10-15(14)16/h3-5,7-12,17H,2,6,13H2,1H3. The second kappa shape index (κ2) is 6.00. The molecule has 1 amide bonds. The molecule has 3 nitrogen and oxygen atoms in total. The van der Waals surface area contributed by atoms with Crippen LogP contribution in [-0.4, -0.2) is 24.1 Å². The van der Waals surface area contributed by atoms with Crippen LogP contribution in [0.15, 0.2) is 54.6 Å². The molecule has 0 saturated carbocycles. The molecular formula is C18H19NO2. The lowest BCUT2D eigenvalue weighted by atomic mass is 9.95. The van der Waals surface area contributed by atoms with Crippen molar-refractivity contribution in [2.24, 2.45) is 0 Å². The minimum Gasteiger partial charge on any atom is -0.450 e. The van der Waals surface area contributed by atoms with Gasteiger partial charge in [0.05, 0.1) is 12.6 Å². The molecule has 108 valence electrons. The maximum absolute atomic E-state index is 12.2. The van der Waals surface area contributed by atoms with Crippen molar-refractivity contribution >= 4 is 16.9 Å². The number of ether oxygens (including phenoxy) is 1. The smallest absolute Gasteiger partial charge is 0.410 e. The average Bonchev–Trinajstić information content (AvgIpc) is 2.54. The first-order valence-corrected chi connectivity index (χ1v) is 7.39. The highest BCUT2D eigenvalue weighted by Gasteiger charge is 2.26. The van der Waals surface area contributed by atoms with Crippen molar-refractivity contribution in [1.29, 1.82) is 0 Å². The van der Waals surface area contributed by atoms with Crippen LogP contribution < -0.4 is 0 Å². The van der Waals surface area contributed by atoms with E-state index >= 15 is 0 Å². The van der Waals surface area contributed by atoms with Crippen LogP contribution in [-0.2, 0) is 4.74 Å². The fourth-order valence-electron chi connectivity index (χ4n) is 2.87. The van der Waals surface area contributed by atoms with Gasteiger partial charge in [0.25, 0.3) is 0 Å². The summed E-state index contributed by atoms with van der Waals surface area (Å²) in [7, 11) is 0. The van der Waals surface area contributed by atoms with Gasteiger partial charge in [-0.2, -0.15) is 0 Å². The zero-order valence-corrected chi connectivity index (χ0v) is 12.2. The molecule has 21 heavy (non-hydrogen) atoms. The van der Waals surface area contributed by atoms with Crippen molar-refractivity contribution < 1.29 is 9.53 Å². The minimum atomic E-state index is -0.236. The predicted molar refractivity (Wildman–Crippen MR) is 84.2 cm³/mol. The Bertz CT molecular complexity index is 672. The van der Waals surface area contributed by atoms with Crippen molar-refractivity contribution in [3.8, 4) is 0 Å². The first-order valence-electron chi connectivity index (χ1n) is 7.39. The van der Waals surface area contributed by atoms with Crippen LogP contribution in [0, 0.1) is 0 Å². The molecule has 0 saturated heterocycles. The van der Waals surface area contributed by atoms with E-state index in [-0.39, 0.29) is 12.1 Å². The van der Waals surface area contributed by atoms with E-state index in [1.54, 1.807) is 0 Å². The van der Waals surface area contributed by atoms with Crippen molar-refractivity contribution in [3.05, 3.63) is 60.2 Å². The summed E-state index contributed by atoms with van der Waals surface area (Å²) in [5.41, 5.74) is 1.15. The predicted octanol–water partition coefficient (Wildman–Crippen LogP) is 4.30. The molecule has 0 aliphatic carbocycles. The number of hydrogen-bond acceptors (Lipinski definition) is 2. The number of rotatable bonds is 2. The van der Waals surface area contributed by atoms with Crippen LogP contribution in [0.3, 0.4) is 0 Å². The summed E-state index contributed by atoms with van der Waals surface area (Å²) >= 11 is 0. The summed E-state index contributed by atoms with van der Waals surface area (Å²) < 4.78 is 5.20. The zero-order chi connectivity index (χ0) is 14.7. The third-order valence-corrected chi connectivity index (χ3v) is 3.84. The monoisotopic (exact) mass is 281 g/mol. The van der Waals surface area contributed by atoms with Gasteiger partial charge in [-0.3, -0.25) is 4.90 Å². The Labute approximate surface area is 124 Å². The maximum atomic E-state index is 12.2. The van der Waals surface area contributed by atoms with Crippen LogP contribution in [0.2, 0.25) is 0 Å². The lowest BCUT2D eigenvalue weighted by Gasteiger charge is -2.32. The summed E-state index contributed by atoms with van der Waals surface area (Å²) in [5.74, 6) is 0. The molecule has 0 bridgehead atoms. The van der Waals surface area contributed by atoms with E-state index in [0.717, 1.165) is 12.0 Å². The number of carbonyl (C=O) groups is 1. The zero-order valence-electron chi connectivity index (χ0n) is 12.2. The number of fused-ring (bicyclic) bond motifs is 1. The SMILES string of the molecule is CCOC(=O)N1CCC=CC1c1cccc2ccccc12. The molecule has 3 rings (SSSR count). The van der Waals surface area contributed by atoms with Gasteiger partial charge < -0.3 is 4.74 Å². The van der Waals surface area contributed by atoms with Gasteiger partial charge in [0.2, 0.25) is 0 Å². The molecule has 2 aromatic carbocycles. The summed E-state index contributed by atoms with van der Waals surface area (Å²) in [6.07, 6.45) is 4.88. The summed E-state index contributed by atoms with van der Waals surface area (Å²) in [6, 6.07) is 14.5. The van der Waals surface area contributed by atoms with Gasteiger partial charge in [-0.15, -0.1) is 0 Å². The quantitative estimate of drug-likeness (QED) is 0.768. The van der Waals surface area contributed by atoms with Crippen LogP contribution in [0.25, 0.3) is 10.8 Å². The largest absolute Gasteiger partial charge is 0.450 e. The molecule has 1 aliphatic heterocycles. The topological polar surface area (TPSA) is 29.5 Å². The molecule has 1 heterocycles. The van der Waals surface area contributed by atoms with E-state index in [0.29, 0.717) is 13.2 Å². The van der Waals surface area contributed by atoms with Gasteiger partial charge in [0.15, 0.2) is 0 Å². The molecule has 1 unspecified atom stereocenters. The minimum absolute atomic E-state index is 0.0519. The second-order valence-electron chi connectivity index (χ2n) is 5.12. The molecule has 0 aromatic heterocycles. The van der Waals surface area contributed by atoms with Crippen molar-refractivity contribution in [1.82, 2.24) is 4.90 Å². The number of nitrogens with zero attached hydrogens (tertiary/aromatic N) is 1. The van der Waals surface area contributed by atoms with Gasteiger partial charge in [0, 0.05) is 6.54 Å². The molecule has 1 atom stereocenters. The molecule has 0 spiro atoms. The van der Waals surface area contributed by atoms with Gasteiger partial charge in [-0.1, -0.05) is 54.6 Å². The molecule has 0 radical (unpaired) electrons. The Hall–Kier alpha value is -2.29. The van der Waals surface area contributed by atoms with Crippen LogP contribution in [0.4, 0.5) is 4.79 Å². The van der Waals surface area contributed by atoms with Gasteiger partial charge >= 0.3 is 6.09 Å². The second-order valence-corrected chi connectivity index (χ2v) is 5.12. The molecule has 2 aromatic rings. The van der Waals surface area contributed by atoms with E-state index in [9.17, 15) is 4.79 Å². The number of hydrogen-bond donors (Lipinski definition) is 0. The lowest BCUT2D eigenvalue weighted by molar-refractivity contribution is 0.0964. The van der Waals surface area contributed by atoms with E-state index in [1.807, 2.05) is 30.0 Å². The molecule has 3 heteroatoms. The third-order valence-electron chi connectivity index (χ3n) is 3.84. The normalized spacial score (nSPS) is 18.0. The Morgan fingerprint density at radius 2 is 2.05 bits per heavy atom. The Kier molecular flexibility index (Phi) is 3.91. The van der Waals surface area contributed by atoms with Gasteiger partial charge in [-0.25, -0.2) is 4.79 Å². The number of benzene rings is 2. The van der Waals surface area contributed by atoms with Gasteiger partial charge in [0.1, 0.15) is 0 Å². The van der Waals surface area contributed by atoms with Gasteiger partial charge in [-0.05, 0) is 29.7 Å². The van der Waals surface area contributed by atoms with Crippen molar-refractivity contribution in [2.45, 2.75) is 19.4 Å². The molecule has 0 fully saturated rings. The fraction of sp³-hybridized carbons (Fsp3) is 0.278. The summed E-state index contributed by atoms with van der Waals surface area (Å²) in [5, 5.41) is 2.38. The van der Waals surface area contributed by atoms with Crippen molar-refractivity contribution in [2.75, 3.05) is 13.2 Å². The average molecular weight is 281 g/mol. The van der Waals surface area contributed by atoms with E-state index in [4.69, 9.17) is 4.74 Å². The van der Waals surface area contributed by atoms with E-state index < -0.39 is 0 Å². The first kappa shape index (κ1) is 13.7. The lowest BCUT2D eigenvalue weighted by Crippen LogP contribution is -2.37. The molecular weight excluding hydrogens is 262 g/mol. The first-order chi connectivity index (χ1) is 10.3. The fourth-order valence-corrected chi connectivity index (χ4v) is 2.87. The van der Waals surface area contributed by atoms with Crippen LogP contribution in [0.1, 0.15) is 24.9 Å². The Balaban J connectivity index is 2.04. The summed E-state index contributed by atoms with van der Waals surface area (Å²) in [4.78, 5) is 14.0. The third kappa shape index (κ3) is 2.64. The van der Waals surface area contributed by atoms with Crippen LogP contribution in [0.5, 0.6) is 0 Å².